The molecule has 5 nitrogen and oxygen atoms in total. The molecule has 0 saturated carbocycles. The van der Waals surface area contributed by atoms with E-state index in [0.29, 0.717) is 0 Å². The van der Waals surface area contributed by atoms with Gasteiger partial charge in [-0.3, -0.25) is 4.90 Å². The number of hydrogen-bond donors (Lipinski definition) is 0. The molecule has 4 rings (SSSR count). The summed E-state index contributed by atoms with van der Waals surface area (Å²) in [5.41, 5.74) is 5.33. The van der Waals surface area contributed by atoms with E-state index >= 15 is 0 Å². The third-order valence-corrected chi connectivity index (χ3v) is 6.44. The normalized spacial score (nSPS) is 19.8. The molecule has 30 heavy (non-hydrogen) atoms. The first kappa shape index (κ1) is 21.0. The number of aryl methyl sites for hydroxylation is 2. The van der Waals surface area contributed by atoms with E-state index in [9.17, 15) is 0 Å². The van der Waals surface area contributed by atoms with Crippen LogP contribution in [0.25, 0.3) is 0 Å². The third kappa shape index (κ3) is 4.57. The molecular formula is C25H34N2O3. The van der Waals surface area contributed by atoms with Crippen molar-refractivity contribution in [1.29, 1.82) is 0 Å². The van der Waals surface area contributed by atoms with E-state index in [1.54, 1.807) is 14.2 Å². The van der Waals surface area contributed by atoms with Gasteiger partial charge in [0.15, 0.2) is 11.5 Å². The lowest BCUT2D eigenvalue weighted by Crippen LogP contribution is -2.47. The first-order valence-corrected chi connectivity index (χ1v) is 11.1. The summed E-state index contributed by atoms with van der Waals surface area (Å²) < 4.78 is 17.3. The average molecular weight is 411 g/mol. The van der Waals surface area contributed by atoms with Crippen molar-refractivity contribution in [3.63, 3.8) is 0 Å². The van der Waals surface area contributed by atoms with Gasteiger partial charge in [-0.25, -0.2) is 0 Å². The van der Waals surface area contributed by atoms with Gasteiger partial charge in [-0.2, -0.15) is 0 Å². The molecular weight excluding hydrogens is 376 g/mol. The summed E-state index contributed by atoms with van der Waals surface area (Å²) in [5, 5.41) is 0. The monoisotopic (exact) mass is 410 g/mol. The minimum absolute atomic E-state index is 0.122. The van der Waals surface area contributed by atoms with Gasteiger partial charge in [-0.05, 0) is 61.1 Å². The number of anilines is 1. The molecule has 2 heterocycles. The van der Waals surface area contributed by atoms with Crippen LogP contribution in [-0.4, -0.2) is 58.5 Å². The molecule has 2 aliphatic rings. The highest BCUT2D eigenvalue weighted by Gasteiger charge is 2.24. The summed E-state index contributed by atoms with van der Waals surface area (Å²) in [5.74, 6) is 1.60. The van der Waals surface area contributed by atoms with Gasteiger partial charge in [0.2, 0.25) is 0 Å². The summed E-state index contributed by atoms with van der Waals surface area (Å²) in [7, 11) is 3.40. The number of piperazine rings is 1. The lowest BCUT2D eigenvalue weighted by Gasteiger charge is -2.37. The Morgan fingerprint density at radius 3 is 2.47 bits per heavy atom. The Kier molecular flexibility index (Phi) is 6.80. The van der Waals surface area contributed by atoms with E-state index < -0.39 is 0 Å². The zero-order chi connectivity index (χ0) is 20.9. The van der Waals surface area contributed by atoms with Crippen molar-refractivity contribution in [1.82, 2.24) is 4.90 Å². The molecule has 0 radical (unpaired) electrons. The van der Waals surface area contributed by atoms with Crippen LogP contribution in [0.15, 0.2) is 36.4 Å². The van der Waals surface area contributed by atoms with Crippen LogP contribution < -0.4 is 14.4 Å². The maximum absolute atomic E-state index is 6.27. The van der Waals surface area contributed by atoms with E-state index in [1.165, 1.54) is 22.4 Å². The molecule has 2 aromatic rings. The van der Waals surface area contributed by atoms with Crippen LogP contribution in [0.2, 0.25) is 0 Å². The zero-order valence-electron chi connectivity index (χ0n) is 18.5. The predicted molar refractivity (Wildman–Crippen MR) is 121 cm³/mol. The van der Waals surface area contributed by atoms with Crippen LogP contribution in [0, 0.1) is 6.92 Å². The minimum atomic E-state index is 0.122. The number of methoxy groups -OCH3 is 2. The highest BCUT2D eigenvalue weighted by atomic mass is 16.5. The SMILES string of the molecule is COc1cc2c(cc1OC)C(CCN1CCN(c3ccccc3C)CC1)OCCC2. The number of hydrogen-bond acceptors (Lipinski definition) is 5. The first-order chi connectivity index (χ1) is 14.7. The van der Waals surface area contributed by atoms with E-state index in [-0.39, 0.29) is 6.10 Å². The van der Waals surface area contributed by atoms with Gasteiger partial charge in [-0.1, -0.05) is 18.2 Å². The van der Waals surface area contributed by atoms with Crippen molar-refractivity contribution < 1.29 is 14.2 Å². The molecule has 1 unspecified atom stereocenters. The van der Waals surface area contributed by atoms with Gasteiger partial charge in [-0.15, -0.1) is 0 Å². The Hall–Kier alpha value is -2.24. The maximum Gasteiger partial charge on any atom is 0.161 e. The molecule has 0 amide bonds. The van der Waals surface area contributed by atoms with Gasteiger partial charge in [0.05, 0.1) is 20.3 Å². The van der Waals surface area contributed by atoms with E-state index in [1.807, 2.05) is 0 Å². The van der Waals surface area contributed by atoms with Crippen LogP contribution in [0.1, 0.15) is 35.6 Å². The number of rotatable bonds is 6. The molecule has 162 valence electrons. The number of para-hydroxylation sites is 1. The van der Waals surface area contributed by atoms with Crippen molar-refractivity contribution in [3.05, 3.63) is 53.1 Å². The highest BCUT2D eigenvalue weighted by molar-refractivity contribution is 5.53. The molecule has 0 spiro atoms. The maximum atomic E-state index is 6.27. The molecule has 1 fully saturated rings. The molecule has 0 aliphatic carbocycles. The summed E-state index contributed by atoms with van der Waals surface area (Å²) in [6, 6.07) is 13.0. The van der Waals surface area contributed by atoms with Crippen molar-refractivity contribution in [2.75, 3.05) is 58.5 Å². The molecule has 0 aromatic heterocycles. The number of ether oxygens (including phenoxy) is 3. The quantitative estimate of drug-likeness (QED) is 0.712. The Balaban J connectivity index is 1.38. The van der Waals surface area contributed by atoms with Crippen molar-refractivity contribution in [3.8, 4) is 11.5 Å². The van der Waals surface area contributed by atoms with Crippen molar-refractivity contribution >= 4 is 5.69 Å². The van der Waals surface area contributed by atoms with E-state index in [0.717, 1.165) is 70.1 Å². The predicted octanol–water partition coefficient (Wildman–Crippen LogP) is 4.23. The molecule has 1 atom stereocenters. The zero-order valence-corrected chi connectivity index (χ0v) is 18.5. The lowest BCUT2D eigenvalue weighted by atomic mass is 9.97. The molecule has 2 aromatic carbocycles. The fraction of sp³-hybridized carbons (Fsp3) is 0.520. The summed E-state index contributed by atoms with van der Waals surface area (Å²) in [6.45, 7) is 8.42. The van der Waals surface area contributed by atoms with Crippen LogP contribution >= 0.6 is 0 Å². The molecule has 0 N–H and O–H groups in total. The summed E-state index contributed by atoms with van der Waals surface area (Å²) in [4.78, 5) is 5.09. The summed E-state index contributed by atoms with van der Waals surface area (Å²) in [6.07, 6.45) is 3.21. The Labute approximate surface area is 180 Å². The number of nitrogens with zero attached hydrogens (tertiary/aromatic N) is 2. The van der Waals surface area contributed by atoms with Gasteiger partial charge in [0.1, 0.15) is 0 Å². The standard InChI is InChI=1S/C25H34N2O3/c1-19-7-4-5-9-22(19)27-14-12-26(13-15-27)11-10-23-21-18-25(29-3)24(28-2)17-20(21)8-6-16-30-23/h4-5,7,9,17-18,23H,6,8,10-16H2,1-3H3. The minimum Gasteiger partial charge on any atom is -0.493 e. The second-order valence-electron chi connectivity index (χ2n) is 8.27. The van der Waals surface area contributed by atoms with E-state index in [4.69, 9.17) is 14.2 Å². The lowest BCUT2D eigenvalue weighted by molar-refractivity contribution is 0.0419. The topological polar surface area (TPSA) is 34.2 Å². The third-order valence-electron chi connectivity index (χ3n) is 6.44. The second-order valence-corrected chi connectivity index (χ2v) is 8.27. The van der Waals surface area contributed by atoms with Crippen LogP contribution in [0.4, 0.5) is 5.69 Å². The number of fused-ring (bicyclic) bond motifs is 1. The molecule has 5 heteroatoms. The van der Waals surface area contributed by atoms with Gasteiger partial charge >= 0.3 is 0 Å². The highest BCUT2D eigenvalue weighted by Crippen LogP contribution is 2.37. The fourth-order valence-corrected chi connectivity index (χ4v) is 4.70. The van der Waals surface area contributed by atoms with Crippen LogP contribution in [0.3, 0.4) is 0 Å². The molecule has 0 bridgehead atoms. The fourth-order valence-electron chi connectivity index (χ4n) is 4.70. The number of benzene rings is 2. The Morgan fingerprint density at radius 1 is 1.00 bits per heavy atom. The molecule has 1 saturated heterocycles. The summed E-state index contributed by atoms with van der Waals surface area (Å²) >= 11 is 0. The second kappa shape index (κ2) is 9.71. The van der Waals surface area contributed by atoms with Crippen LogP contribution in [0.5, 0.6) is 11.5 Å². The van der Waals surface area contributed by atoms with Gasteiger partial charge < -0.3 is 19.1 Å². The smallest absolute Gasteiger partial charge is 0.161 e. The van der Waals surface area contributed by atoms with Gasteiger partial charge in [0, 0.05) is 45.0 Å². The van der Waals surface area contributed by atoms with Gasteiger partial charge in [0.25, 0.3) is 0 Å². The molecule has 2 aliphatic heterocycles. The van der Waals surface area contributed by atoms with Crippen molar-refractivity contribution in [2.24, 2.45) is 0 Å². The average Bonchev–Trinajstić information content (AvgIpc) is 2.99. The largest absolute Gasteiger partial charge is 0.493 e. The van der Waals surface area contributed by atoms with E-state index in [2.05, 4.69) is 53.1 Å². The Bertz CT molecular complexity index is 846. The first-order valence-electron chi connectivity index (χ1n) is 11.1. The van der Waals surface area contributed by atoms with Crippen molar-refractivity contribution in [2.45, 2.75) is 32.3 Å². The van der Waals surface area contributed by atoms with Crippen LogP contribution in [-0.2, 0) is 11.2 Å². The Morgan fingerprint density at radius 2 is 1.73 bits per heavy atom.